The van der Waals surface area contributed by atoms with Crippen molar-refractivity contribution in [2.75, 3.05) is 6.61 Å². The number of carbonyl (C=O) groups is 5. The smallest absolute Gasteiger partial charge is 0.343 e. The zero-order chi connectivity index (χ0) is 40.6. The molecule has 0 spiro atoms. The van der Waals surface area contributed by atoms with E-state index in [9.17, 15) is 45.9 Å². The van der Waals surface area contributed by atoms with Crippen molar-refractivity contribution in [1.82, 2.24) is 0 Å². The zero-order valence-electron chi connectivity index (χ0n) is 29.0. The molecule has 1 fully saturated rings. The topological polar surface area (TPSA) is 141 Å². The highest BCUT2D eigenvalue weighted by Crippen LogP contribution is 2.33. The lowest BCUT2D eigenvalue weighted by molar-refractivity contribution is -0.283. The van der Waals surface area contributed by atoms with Gasteiger partial charge in [0.2, 0.25) is 12.4 Å². The third kappa shape index (κ3) is 9.13. The first-order valence-electron chi connectivity index (χ1n) is 16.8. The van der Waals surface area contributed by atoms with Gasteiger partial charge in [-0.05, 0) is 60.7 Å². The van der Waals surface area contributed by atoms with Crippen molar-refractivity contribution in [2.24, 2.45) is 0 Å². The second-order valence-corrected chi connectivity index (χ2v) is 12.1. The van der Waals surface area contributed by atoms with Gasteiger partial charge in [-0.25, -0.2) is 45.9 Å². The molecule has 1 saturated heterocycles. The van der Waals surface area contributed by atoms with Gasteiger partial charge in [-0.2, -0.15) is 0 Å². The minimum absolute atomic E-state index is 0.560. The lowest BCUT2D eigenvalue weighted by atomic mass is 9.97. The molecule has 0 radical (unpaired) electrons. The molecule has 0 N–H and O–H groups in total. The first kappa shape index (κ1) is 39.7. The first-order valence-corrected chi connectivity index (χ1v) is 16.8. The van der Waals surface area contributed by atoms with Crippen LogP contribution in [0.2, 0.25) is 0 Å². The van der Waals surface area contributed by atoms with Crippen LogP contribution in [0.5, 0.6) is 0 Å². The van der Waals surface area contributed by atoms with E-state index in [1.807, 2.05) is 0 Å². The van der Waals surface area contributed by atoms with E-state index >= 15 is 0 Å². The molecule has 0 bridgehead atoms. The van der Waals surface area contributed by atoms with Crippen LogP contribution in [0, 0.1) is 29.1 Å². The van der Waals surface area contributed by atoms with Crippen molar-refractivity contribution in [3.63, 3.8) is 0 Å². The van der Waals surface area contributed by atoms with Gasteiger partial charge in [-0.1, -0.05) is 60.7 Å². The number of ether oxygens (including phenoxy) is 6. The fraction of sp³-hybridized carbons (Fsp3) is 0.146. The van der Waals surface area contributed by atoms with Gasteiger partial charge in [0, 0.05) is 0 Å². The molecule has 5 aromatic carbocycles. The highest BCUT2D eigenvalue weighted by Gasteiger charge is 2.55. The Morgan fingerprint density at radius 3 is 1.07 bits per heavy atom. The van der Waals surface area contributed by atoms with Gasteiger partial charge in [0.1, 0.15) is 41.8 Å². The van der Waals surface area contributed by atoms with Gasteiger partial charge in [0.25, 0.3) is 0 Å². The van der Waals surface area contributed by atoms with E-state index in [4.69, 9.17) is 28.4 Å². The molecule has 0 unspecified atom stereocenters. The van der Waals surface area contributed by atoms with Crippen LogP contribution >= 0.6 is 0 Å². The molecule has 1 aliphatic rings. The van der Waals surface area contributed by atoms with E-state index in [1.54, 1.807) is 0 Å². The molecule has 11 nitrogen and oxygen atoms in total. The molecule has 1 aliphatic heterocycles. The third-order valence-corrected chi connectivity index (χ3v) is 8.39. The summed E-state index contributed by atoms with van der Waals surface area (Å²) in [7, 11) is 0. The minimum Gasteiger partial charge on any atom is -0.459 e. The summed E-state index contributed by atoms with van der Waals surface area (Å²) in [6.45, 7) is -1.03. The number of esters is 5. The fourth-order valence-electron chi connectivity index (χ4n) is 5.61. The van der Waals surface area contributed by atoms with Crippen LogP contribution in [0.25, 0.3) is 0 Å². The summed E-state index contributed by atoms with van der Waals surface area (Å²) in [5, 5.41) is 0. The maximum atomic E-state index is 14.9. The standard InChI is InChI=1S/C41H27F5O11/c42-27-16-6-1-11-22(27)36(47)52-21-32-33(54-37(48)23-12-2-7-17-28(23)43)34(55-38(49)24-13-3-8-18-29(24)44)35(56-39(50)25-14-4-9-19-30(25)45)41(53-32)57-40(51)26-15-5-10-20-31(26)46/h1-20,32-35,41H,21H2/t32-,33-,34+,35-,41+/m0/s1. The van der Waals surface area contributed by atoms with Gasteiger partial charge >= 0.3 is 29.8 Å². The third-order valence-electron chi connectivity index (χ3n) is 8.39. The Hall–Kier alpha value is -6.94. The highest BCUT2D eigenvalue weighted by molar-refractivity contribution is 5.92. The predicted molar refractivity (Wildman–Crippen MR) is 184 cm³/mol. The largest absolute Gasteiger partial charge is 0.459 e. The summed E-state index contributed by atoms with van der Waals surface area (Å²) >= 11 is 0. The SMILES string of the molecule is O=C(OC[C@@H]1O[C@H](OC(=O)c2ccccc2F)[C@@H](OC(=O)c2ccccc2F)[C@H](OC(=O)c2ccccc2F)[C@H]1OC(=O)c1ccccc1F)c1ccccc1F. The van der Waals surface area contributed by atoms with Crippen LogP contribution in [0.1, 0.15) is 51.8 Å². The van der Waals surface area contributed by atoms with Crippen molar-refractivity contribution in [2.45, 2.75) is 30.7 Å². The summed E-state index contributed by atoms with van der Waals surface area (Å²) in [5.41, 5.74) is -3.31. The molecule has 0 aliphatic carbocycles. The number of hydrogen-bond acceptors (Lipinski definition) is 11. The van der Waals surface area contributed by atoms with Crippen LogP contribution in [0.15, 0.2) is 121 Å². The van der Waals surface area contributed by atoms with Gasteiger partial charge in [-0.3, -0.25) is 0 Å². The molecule has 0 saturated carbocycles. The lowest BCUT2D eigenvalue weighted by Crippen LogP contribution is -2.63. The van der Waals surface area contributed by atoms with Crippen molar-refractivity contribution in [1.29, 1.82) is 0 Å². The highest BCUT2D eigenvalue weighted by atomic mass is 19.1. The molecule has 1 heterocycles. The number of hydrogen-bond donors (Lipinski definition) is 0. The molecule has 0 aromatic heterocycles. The van der Waals surface area contributed by atoms with E-state index in [0.29, 0.717) is 0 Å². The summed E-state index contributed by atoms with van der Waals surface area (Å²) < 4.78 is 107. The number of carbonyl (C=O) groups excluding carboxylic acids is 5. The Morgan fingerprint density at radius 1 is 0.404 bits per heavy atom. The van der Waals surface area contributed by atoms with Gasteiger partial charge in [-0.15, -0.1) is 0 Å². The second kappa shape index (κ2) is 17.7. The van der Waals surface area contributed by atoms with Crippen molar-refractivity contribution >= 4 is 29.8 Å². The average Bonchev–Trinajstić information content (AvgIpc) is 3.19. The maximum Gasteiger partial charge on any atom is 0.343 e. The first-order chi connectivity index (χ1) is 27.4. The van der Waals surface area contributed by atoms with Crippen LogP contribution in [0.3, 0.4) is 0 Å². The Morgan fingerprint density at radius 2 is 0.702 bits per heavy atom. The minimum atomic E-state index is -2.30. The van der Waals surface area contributed by atoms with E-state index in [1.165, 1.54) is 60.7 Å². The van der Waals surface area contributed by atoms with Crippen LogP contribution in [-0.2, 0) is 28.4 Å². The number of halogens is 5. The average molecular weight is 791 g/mol. The van der Waals surface area contributed by atoms with E-state index in [-0.39, 0.29) is 0 Å². The molecule has 292 valence electrons. The molecule has 6 rings (SSSR count). The molecule has 5 atom stereocenters. The Bertz CT molecular complexity index is 2320. The maximum absolute atomic E-state index is 14.9. The van der Waals surface area contributed by atoms with Crippen LogP contribution in [-0.4, -0.2) is 67.2 Å². The van der Waals surface area contributed by atoms with Crippen molar-refractivity contribution in [3.05, 3.63) is 178 Å². The monoisotopic (exact) mass is 790 g/mol. The van der Waals surface area contributed by atoms with Crippen LogP contribution in [0.4, 0.5) is 22.0 Å². The lowest BCUT2D eigenvalue weighted by Gasteiger charge is -2.43. The Labute approximate surface area is 319 Å². The normalized spacial score (nSPS) is 18.8. The van der Waals surface area contributed by atoms with Gasteiger partial charge in [0.05, 0.1) is 27.8 Å². The summed E-state index contributed by atoms with van der Waals surface area (Å²) in [6.07, 6.45) is -10.9. The number of rotatable bonds is 11. The predicted octanol–water partition coefficient (Wildman–Crippen LogP) is 6.80. The number of benzene rings is 5. The summed E-state index contributed by atoms with van der Waals surface area (Å²) in [5.74, 6) is -12.5. The van der Waals surface area contributed by atoms with Crippen LogP contribution < -0.4 is 0 Å². The van der Waals surface area contributed by atoms with Gasteiger partial charge < -0.3 is 28.4 Å². The van der Waals surface area contributed by atoms with Gasteiger partial charge in [0.15, 0.2) is 12.2 Å². The Balaban J connectivity index is 1.47. The molecular formula is C41H27F5O11. The molecule has 16 heteroatoms. The molecule has 5 aromatic rings. The quantitative estimate of drug-likeness (QED) is 0.0793. The fourth-order valence-corrected chi connectivity index (χ4v) is 5.61. The zero-order valence-corrected chi connectivity index (χ0v) is 29.0. The second-order valence-electron chi connectivity index (χ2n) is 12.1. The van der Waals surface area contributed by atoms with E-state index in [2.05, 4.69) is 0 Å². The van der Waals surface area contributed by atoms with E-state index in [0.717, 1.165) is 60.7 Å². The van der Waals surface area contributed by atoms with Crippen molar-refractivity contribution < 1.29 is 74.3 Å². The Kier molecular flexibility index (Phi) is 12.3. The molecular weight excluding hydrogens is 763 g/mol. The molecule has 0 amide bonds. The summed E-state index contributed by atoms with van der Waals surface area (Å²) in [6, 6.07) is 22.4. The van der Waals surface area contributed by atoms with E-state index < -0.39 is 124 Å². The molecule has 57 heavy (non-hydrogen) atoms. The van der Waals surface area contributed by atoms with Crippen molar-refractivity contribution in [3.8, 4) is 0 Å². The summed E-state index contributed by atoms with van der Waals surface area (Å²) in [4.78, 5) is 67.2.